The van der Waals surface area contributed by atoms with E-state index in [1.165, 1.54) is 0 Å². The minimum absolute atomic E-state index is 0.552. The van der Waals surface area contributed by atoms with Gasteiger partial charge in [-0.3, -0.25) is 0 Å². The predicted octanol–water partition coefficient (Wildman–Crippen LogP) is 2.06. The Bertz CT molecular complexity index is 629. The van der Waals surface area contributed by atoms with E-state index in [2.05, 4.69) is 10.3 Å². The van der Waals surface area contributed by atoms with Crippen LogP contribution < -0.4 is 25.3 Å². The molecule has 0 atom stereocenters. The van der Waals surface area contributed by atoms with E-state index >= 15 is 0 Å². The summed E-state index contributed by atoms with van der Waals surface area (Å²) in [6.07, 6.45) is 1.76. The normalized spacial score (nSPS) is 12.8. The molecule has 0 unspecified atom stereocenters. The number of nitrogens with two attached hydrogens (primary N) is 1. The summed E-state index contributed by atoms with van der Waals surface area (Å²) in [5.41, 5.74) is 8.49. The van der Waals surface area contributed by atoms with E-state index in [4.69, 9.17) is 19.9 Å². The second kappa shape index (κ2) is 5.78. The lowest BCUT2D eigenvalue weighted by Crippen LogP contribution is -2.16. The minimum Gasteiger partial charge on any atom is -0.486 e. The molecule has 0 amide bonds. The molecule has 2 heterocycles. The van der Waals surface area contributed by atoms with Crippen molar-refractivity contribution >= 4 is 11.4 Å². The number of methoxy groups -OCH3 is 1. The minimum atomic E-state index is 0.552. The number of anilines is 2. The standard InChI is InChI=1S/C15H17N3O3/c1-19-15-3-2-10(9-18-15)8-17-12-7-14-13(6-11(12)16)20-4-5-21-14/h2-3,6-7,9,17H,4-5,8,16H2,1H3. The average molecular weight is 287 g/mol. The number of ether oxygens (including phenoxy) is 3. The molecule has 0 saturated carbocycles. The van der Waals surface area contributed by atoms with Crippen LogP contribution in [0.25, 0.3) is 0 Å². The van der Waals surface area contributed by atoms with Crippen molar-refractivity contribution in [2.45, 2.75) is 6.54 Å². The number of nitrogens with one attached hydrogen (secondary N) is 1. The lowest BCUT2D eigenvalue weighted by atomic mass is 10.2. The smallest absolute Gasteiger partial charge is 0.212 e. The van der Waals surface area contributed by atoms with E-state index in [1.54, 1.807) is 19.4 Å². The van der Waals surface area contributed by atoms with Gasteiger partial charge in [0.2, 0.25) is 5.88 Å². The lowest BCUT2D eigenvalue weighted by Gasteiger charge is -2.20. The molecule has 110 valence electrons. The van der Waals surface area contributed by atoms with Crippen molar-refractivity contribution in [2.75, 3.05) is 31.4 Å². The monoisotopic (exact) mass is 287 g/mol. The van der Waals surface area contributed by atoms with Crippen molar-refractivity contribution in [3.8, 4) is 17.4 Å². The number of nitrogen functional groups attached to an aromatic ring is 1. The molecule has 0 spiro atoms. The highest BCUT2D eigenvalue weighted by atomic mass is 16.6. The maximum Gasteiger partial charge on any atom is 0.212 e. The quantitative estimate of drug-likeness (QED) is 0.838. The number of fused-ring (bicyclic) bond motifs is 1. The summed E-state index contributed by atoms with van der Waals surface area (Å²) in [5.74, 6) is 2.00. The molecule has 6 nitrogen and oxygen atoms in total. The summed E-state index contributed by atoms with van der Waals surface area (Å²) in [7, 11) is 1.59. The Hall–Kier alpha value is -2.63. The molecule has 2 aromatic rings. The van der Waals surface area contributed by atoms with Crippen LogP contribution in [0.4, 0.5) is 11.4 Å². The van der Waals surface area contributed by atoms with E-state index in [0.717, 1.165) is 11.3 Å². The molecular formula is C15H17N3O3. The Morgan fingerprint density at radius 3 is 2.67 bits per heavy atom. The van der Waals surface area contributed by atoms with Crippen LogP contribution in [-0.4, -0.2) is 25.3 Å². The number of benzene rings is 1. The van der Waals surface area contributed by atoms with Crippen molar-refractivity contribution in [1.29, 1.82) is 0 Å². The molecule has 3 rings (SSSR count). The zero-order valence-electron chi connectivity index (χ0n) is 11.8. The second-order valence-corrected chi connectivity index (χ2v) is 4.65. The van der Waals surface area contributed by atoms with Gasteiger partial charge >= 0.3 is 0 Å². The Labute approximate surface area is 122 Å². The summed E-state index contributed by atoms with van der Waals surface area (Å²) in [6, 6.07) is 7.42. The Kier molecular flexibility index (Phi) is 3.68. The Balaban J connectivity index is 1.72. The van der Waals surface area contributed by atoms with Crippen LogP contribution >= 0.6 is 0 Å². The van der Waals surface area contributed by atoms with Gasteiger partial charge in [0.1, 0.15) is 13.2 Å². The summed E-state index contributed by atoms with van der Waals surface area (Å²) >= 11 is 0. The fraction of sp³-hybridized carbons (Fsp3) is 0.267. The third-order valence-corrected chi connectivity index (χ3v) is 3.20. The fourth-order valence-electron chi connectivity index (χ4n) is 2.09. The van der Waals surface area contributed by atoms with Gasteiger partial charge in [0.05, 0.1) is 18.5 Å². The molecule has 0 radical (unpaired) electrons. The van der Waals surface area contributed by atoms with E-state index < -0.39 is 0 Å². The lowest BCUT2D eigenvalue weighted by molar-refractivity contribution is 0.172. The van der Waals surface area contributed by atoms with E-state index in [9.17, 15) is 0 Å². The number of nitrogens with zero attached hydrogens (tertiary/aromatic N) is 1. The topological polar surface area (TPSA) is 78.6 Å². The largest absolute Gasteiger partial charge is 0.486 e. The van der Waals surface area contributed by atoms with Gasteiger partial charge in [-0.1, -0.05) is 6.07 Å². The molecule has 21 heavy (non-hydrogen) atoms. The summed E-state index contributed by atoms with van der Waals surface area (Å²) in [4.78, 5) is 4.16. The third kappa shape index (κ3) is 2.94. The molecule has 0 bridgehead atoms. The van der Waals surface area contributed by atoms with E-state index in [-0.39, 0.29) is 0 Å². The van der Waals surface area contributed by atoms with Gasteiger partial charge in [0.15, 0.2) is 11.5 Å². The zero-order chi connectivity index (χ0) is 14.7. The van der Waals surface area contributed by atoms with Crippen molar-refractivity contribution < 1.29 is 14.2 Å². The van der Waals surface area contributed by atoms with Crippen molar-refractivity contribution in [3.63, 3.8) is 0 Å². The molecule has 1 aromatic carbocycles. The van der Waals surface area contributed by atoms with Crippen molar-refractivity contribution in [3.05, 3.63) is 36.0 Å². The molecule has 0 fully saturated rings. The van der Waals surface area contributed by atoms with Crippen LogP contribution in [0.5, 0.6) is 17.4 Å². The zero-order valence-corrected chi connectivity index (χ0v) is 11.8. The van der Waals surface area contributed by atoms with Gasteiger partial charge < -0.3 is 25.3 Å². The molecule has 1 aliphatic rings. The Morgan fingerprint density at radius 1 is 1.24 bits per heavy atom. The van der Waals surface area contributed by atoms with Crippen molar-refractivity contribution in [1.82, 2.24) is 4.98 Å². The number of hydrogen-bond donors (Lipinski definition) is 2. The van der Waals surface area contributed by atoms with Crippen LogP contribution in [0.15, 0.2) is 30.5 Å². The number of rotatable bonds is 4. The van der Waals surface area contributed by atoms with Crippen LogP contribution in [-0.2, 0) is 6.54 Å². The Morgan fingerprint density at radius 2 is 2.00 bits per heavy atom. The molecule has 0 aliphatic carbocycles. The summed E-state index contributed by atoms with van der Waals surface area (Å²) in [5, 5.41) is 3.28. The van der Waals surface area contributed by atoms with Gasteiger partial charge in [-0.05, 0) is 5.56 Å². The highest BCUT2D eigenvalue weighted by Crippen LogP contribution is 2.37. The first kappa shape index (κ1) is 13.4. The molecule has 1 aromatic heterocycles. The molecular weight excluding hydrogens is 270 g/mol. The summed E-state index contributed by atoms with van der Waals surface area (Å²) in [6.45, 7) is 1.72. The van der Waals surface area contributed by atoms with Gasteiger partial charge in [0.25, 0.3) is 0 Å². The third-order valence-electron chi connectivity index (χ3n) is 3.20. The first-order valence-corrected chi connectivity index (χ1v) is 6.68. The van der Waals surface area contributed by atoms with E-state index in [0.29, 0.717) is 42.8 Å². The number of hydrogen-bond acceptors (Lipinski definition) is 6. The highest BCUT2D eigenvalue weighted by molar-refractivity contribution is 5.72. The molecule has 3 N–H and O–H groups in total. The van der Waals surface area contributed by atoms with Crippen LogP contribution in [0.1, 0.15) is 5.56 Å². The van der Waals surface area contributed by atoms with E-state index in [1.807, 2.05) is 18.2 Å². The molecule has 1 aliphatic heterocycles. The van der Waals surface area contributed by atoms with Crippen molar-refractivity contribution in [2.24, 2.45) is 0 Å². The van der Waals surface area contributed by atoms with Crippen LogP contribution in [0.2, 0.25) is 0 Å². The first-order valence-electron chi connectivity index (χ1n) is 6.68. The fourth-order valence-corrected chi connectivity index (χ4v) is 2.09. The maximum atomic E-state index is 6.02. The van der Waals surface area contributed by atoms with Gasteiger partial charge in [0, 0.05) is 30.9 Å². The van der Waals surface area contributed by atoms with Gasteiger partial charge in [-0.15, -0.1) is 0 Å². The number of aromatic nitrogens is 1. The number of pyridine rings is 1. The SMILES string of the molecule is COc1ccc(CNc2cc3c(cc2N)OCCO3)cn1. The average Bonchev–Trinajstić information content (AvgIpc) is 2.53. The maximum absolute atomic E-state index is 6.02. The van der Waals surface area contributed by atoms with Crippen LogP contribution in [0.3, 0.4) is 0 Å². The van der Waals surface area contributed by atoms with Crippen LogP contribution in [0, 0.1) is 0 Å². The first-order chi connectivity index (χ1) is 10.3. The molecule has 0 saturated heterocycles. The predicted molar refractivity (Wildman–Crippen MR) is 80.0 cm³/mol. The second-order valence-electron chi connectivity index (χ2n) is 4.65. The van der Waals surface area contributed by atoms with Gasteiger partial charge in [-0.25, -0.2) is 4.98 Å². The highest BCUT2D eigenvalue weighted by Gasteiger charge is 2.14. The van der Waals surface area contributed by atoms with Gasteiger partial charge in [-0.2, -0.15) is 0 Å². The summed E-state index contributed by atoms with van der Waals surface area (Å²) < 4.78 is 16.1. The molecule has 6 heteroatoms.